The highest BCUT2D eigenvalue weighted by atomic mass is 16.4. The van der Waals surface area contributed by atoms with Gasteiger partial charge in [-0.05, 0) is 6.42 Å². The van der Waals surface area contributed by atoms with Crippen molar-refractivity contribution in [1.82, 2.24) is 34.1 Å². The van der Waals surface area contributed by atoms with Gasteiger partial charge in [-0.1, -0.05) is 31.2 Å². The third kappa shape index (κ3) is 2.87. The number of aromatic nitrogens is 7. The number of hydrogen-bond acceptors (Lipinski definition) is 6. The topological polar surface area (TPSA) is 134 Å². The van der Waals surface area contributed by atoms with Crippen LogP contribution in [-0.4, -0.2) is 56.9 Å². The van der Waals surface area contributed by atoms with Crippen LogP contribution in [0.1, 0.15) is 19.0 Å². The van der Waals surface area contributed by atoms with E-state index in [1.165, 1.54) is 0 Å². The Morgan fingerprint density at radius 2 is 2.23 bits per heavy atom. The fourth-order valence-electron chi connectivity index (χ4n) is 4.33. The first kappa shape index (κ1) is 19.2. The zero-order valence-electron chi connectivity index (χ0n) is 16.8. The maximum Gasteiger partial charge on any atom is 0.309 e. The smallest absolute Gasteiger partial charge is 0.309 e. The first-order valence-corrected chi connectivity index (χ1v) is 9.96. The average molecular weight is 419 g/mol. The molecule has 158 valence electrons. The van der Waals surface area contributed by atoms with Crippen LogP contribution in [0.15, 0.2) is 49.1 Å². The predicted molar refractivity (Wildman–Crippen MR) is 111 cm³/mol. The standard InChI is InChI=1S/C21H21N7O3/c1-13(12-29)21(5-3-2-4-6-21)28-15(9-16(30)31)17-19(27-8-7-22-20(27)28)26-18(25-17)14-10-23-24-11-14/h2-5,7-8,10-11,13,29H,6,9,12H2,1H3,(H,23,24)(H,30,31). The van der Waals surface area contributed by atoms with E-state index < -0.39 is 11.5 Å². The summed E-state index contributed by atoms with van der Waals surface area (Å²) in [5.74, 6) is 0.328. The molecule has 0 saturated heterocycles. The summed E-state index contributed by atoms with van der Waals surface area (Å²) in [5, 5.41) is 26.6. The number of fused-ring (bicyclic) bond motifs is 3. The van der Waals surface area contributed by atoms with Crippen LogP contribution in [0.4, 0.5) is 0 Å². The second kappa shape index (κ2) is 7.17. The van der Waals surface area contributed by atoms with Gasteiger partial charge in [0, 0.05) is 31.1 Å². The Bertz CT molecular complexity index is 1280. The summed E-state index contributed by atoms with van der Waals surface area (Å²) in [6.45, 7) is 1.87. The molecule has 0 radical (unpaired) electrons. The van der Waals surface area contributed by atoms with Gasteiger partial charge < -0.3 is 14.8 Å². The van der Waals surface area contributed by atoms with E-state index in [4.69, 9.17) is 4.98 Å². The summed E-state index contributed by atoms with van der Waals surface area (Å²) in [4.78, 5) is 25.8. The lowest BCUT2D eigenvalue weighted by molar-refractivity contribution is -0.136. The lowest BCUT2D eigenvalue weighted by Gasteiger charge is -2.41. The zero-order valence-corrected chi connectivity index (χ0v) is 16.8. The van der Waals surface area contributed by atoms with E-state index >= 15 is 0 Å². The molecule has 2 aromatic heterocycles. The minimum Gasteiger partial charge on any atom is -0.481 e. The van der Waals surface area contributed by atoms with E-state index in [2.05, 4.69) is 20.2 Å². The lowest BCUT2D eigenvalue weighted by atomic mass is 9.79. The Kier molecular flexibility index (Phi) is 4.44. The molecule has 0 bridgehead atoms. The Hall–Kier alpha value is -3.79. The number of aromatic amines is 1. The Morgan fingerprint density at radius 1 is 1.35 bits per heavy atom. The molecule has 31 heavy (non-hydrogen) atoms. The molecule has 10 heteroatoms. The molecule has 0 spiro atoms. The summed E-state index contributed by atoms with van der Waals surface area (Å²) in [5.41, 5.74) is 0.973. The third-order valence-electron chi connectivity index (χ3n) is 5.93. The molecule has 10 nitrogen and oxygen atoms in total. The number of carboxylic acid groups (broad SMARTS) is 1. The van der Waals surface area contributed by atoms with E-state index in [-0.39, 0.29) is 18.9 Å². The maximum atomic E-state index is 11.9. The van der Waals surface area contributed by atoms with Crippen molar-refractivity contribution in [1.29, 1.82) is 0 Å². The summed E-state index contributed by atoms with van der Waals surface area (Å²) in [7, 11) is 0. The van der Waals surface area contributed by atoms with Crippen molar-refractivity contribution in [2.75, 3.05) is 6.61 Å². The number of H-pyrrole nitrogens is 1. The summed E-state index contributed by atoms with van der Waals surface area (Å²) < 4.78 is 3.73. The number of aliphatic carboxylic acids is 1. The fraction of sp³-hybridized carbons (Fsp3) is 0.286. The third-order valence-corrected chi connectivity index (χ3v) is 5.93. The van der Waals surface area contributed by atoms with Gasteiger partial charge in [0.15, 0.2) is 11.6 Å². The highest BCUT2D eigenvalue weighted by molar-refractivity contribution is 5.76. The average Bonchev–Trinajstić information content (AvgIpc) is 3.52. The second-order valence-electron chi connectivity index (χ2n) is 7.72. The molecule has 2 aromatic rings. The van der Waals surface area contributed by atoms with Crippen LogP contribution in [0.5, 0.6) is 0 Å². The first-order chi connectivity index (χ1) is 15.0. The number of carbonyl (C=O) groups is 1. The van der Waals surface area contributed by atoms with E-state index in [0.717, 1.165) is 0 Å². The second-order valence-corrected chi connectivity index (χ2v) is 7.72. The lowest BCUT2D eigenvalue weighted by Crippen LogP contribution is -2.43. The largest absolute Gasteiger partial charge is 0.481 e. The number of aliphatic hydroxyl groups excluding tert-OH is 1. The van der Waals surface area contributed by atoms with Crippen LogP contribution in [0, 0.1) is 5.92 Å². The quantitative estimate of drug-likeness (QED) is 0.434. The first-order valence-electron chi connectivity index (χ1n) is 9.96. The van der Waals surface area contributed by atoms with Crippen LogP contribution < -0.4 is 0 Å². The SMILES string of the molecule is CC(CO)C1(n2c(CC(=O)O)c3nc(-c4cn[nH]c4)nc-3n3ccnc23)C=CC=CC1. The Labute approximate surface area is 176 Å². The summed E-state index contributed by atoms with van der Waals surface area (Å²) in [6, 6.07) is 0. The van der Waals surface area contributed by atoms with Gasteiger partial charge in [0.05, 0.1) is 29.4 Å². The molecule has 2 aliphatic heterocycles. The van der Waals surface area contributed by atoms with Crippen LogP contribution in [0.2, 0.25) is 0 Å². The Balaban J connectivity index is 1.89. The van der Waals surface area contributed by atoms with Crippen molar-refractivity contribution in [3.63, 3.8) is 0 Å². The van der Waals surface area contributed by atoms with Gasteiger partial charge in [-0.25, -0.2) is 15.0 Å². The van der Waals surface area contributed by atoms with Crippen LogP contribution in [0.3, 0.4) is 0 Å². The van der Waals surface area contributed by atoms with Crippen molar-refractivity contribution >= 4 is 11.7 Å². The van der Waals surface area contributed by atoms with Crippen molar-refractivity contribution in [2.45, 2.75) is 25.3 Å². The highest BCUT2D eigenvalue weighted by Crippen LogP contribution is 2.40. The molecule has 0 saturated carbocycles. The van der Waals surface area contributed by atoms with Crippen molar-refractivity contribution in [3.8, 4) is 22.9 Å². The normalized spacial score (nSPS) is 19.4. The molecule has 3 aliphatic rings. The molecular formula is C21H21N7O3. The summed E-state index contributed by atoms with van der Waals surface area (Å²) >= 11 is 0. The molecule has 5 rings (SSSR count). The molecule has 3 N–H and O–H groups in total. The van der Waals surface area contributed by atoms with Gasteiger partial charge in [0.2, 0.25) is 5.78 Å². The van der Waals surface area contributed by atoms with Gasteiger partial charge in [-0.2, -0.15) is 5.10 Å². The fourth-order valence-corrected chi connectivity index (χ4v) is 4.33. The van der Waals surface area contributed by atoms with Crippen molar-refractivity contribution in [2.24, 2.45) is 5.92 Å². The monoisotopic (exact) mass is 419 g/mol. The summed E-state index contributed by atoms with van der Waals surface area (Å²) in [6.07, 6.45) is 15.0. The van der Waals surface area contributed by atoms with Gasteiger partial charge in [0.25, 0.3) is 0 Å². The van der Waals surface area contributed by atoms with E-state index in [0.29, 0.717) is 40.8 Å². The number of imidazole rings is 2. The Morgan fingerprint density at radius 3 is 2.90 bits per heavy atom. The minimum absolute atomic E-state index is 0.0739. The molecule has 0 fully saturated rings. The number of nitrogens with zero attached hydrogens (tertiary/aromatic N) is 6. The molecule has 0 aromatic carbocycles. The van der Waals surface area contributed by atoms with Crippen LogP contribution in [-0.2, 0) is 16.8 Å². The molecular weight excluding hydrogens is 398 g/mol. The van der Waals surface area contributed by atoms with Gasteiger partial charge in [0.1, 0.15) is 5.69 Å². The molecule has 2 atom stereocenters. The number of hydrogen-bond donors (Lipinski definition) is 3. The predicted octanol–water partition coefficient (Wildman–Crippen LogP) is 1.89. The van der Waals surface area contributed by atoms with Crippen molar-refractivity contribution in [3.05, 3.63) is 54.8 Å². The number of nitrogens with one attached hydrogen (secondary N) is 1. The van der Waals surface area contributed by atoms with Gasteiger partial charge in [-0.15, -0.1) is 0 Å². The number of aliphatic hydroxyl groups is 1. The minimum atomic E-state index is -0.985. The maximum absolute atomic E-state index is 11.9. The number of allylic oxidation sites excluding steroid dienone is 4. The zero-order chi connectivity index (χ0) is 21.6. The molecule has 0 amide bonds. The van der Waals surface area contributed by atoms with E-state index in [9.17, 15) is 15.0 Å². The van der Waals surface area contributed by atoms with Crippen LogP contribution >= 0.6 is 0 Å². The van der Waals surface area contributed by atoms with E-state index in [1.807, 2.05) is 40.2 Å². The van der Waals surface area contributed by atoms with Gasteiger partial charge >= 0.3 is 5.97 Å². The van der Waals surface area contributed by atoms with Crippen molar-refractivity contribution < 1.29 is 15.0 Å². The highest BCUT2D eigenvalue weighted by Gasteiger charge is 2.40. The number of carboxylic acids is 1. The van der Waals surface area contributed by atoms with E-state index in [1.54, 1.807) is 24.8 Å². The molecule has 4 heterocycles. The molecule has 1 aliphatic carbocycles. The molecule has 2 unspecified atom stereocenters. The number of rotatable bonds is 6. The van der Waals surface area contributed by atoms with Crippen LogP contribution in [0.25, 0.3) is 28.7 Å². The van der Waals surface area contributed by atoms with Gasteiger partial charge in [-0.3, -0.25) is 14.3 Å².